The van der Waals surface area contributed by atoms with E-state index in [0.717, 1.165) is 78.0 Å². The molecule has 0 spiro atoms. The Hall–Kier alpha value is -1.81. The normalized spacial score (nSPS) is 21.8. The molecule has 0 unspecified atom stereocenters. The minimum absolute atomic E-state index is 0.116. The minimum Gasteiger partial charge on any atom is -0.463 e. The first-order valence-corrected chi connectivity index (χ1v) is 11.5. The molecule has 8 nitrogen and oxygen atoms in total. The number of hydrogen-bond acceptors (Lipinski definition) is 8. The summed E-state index contributed by atoms with van der Waals surface area (Å²) in [6, 6.07) is 0.183. The number of rotatable bonds is 6. The zero-order valence-corrected chi connectivity index (χ0v) is 18.3. The number of aromatic nitrogens is 3. The zero-order valence-electron chi connectivity index (χ0n) is 17.6. The Morgan fingerprint density at radius 3 is 2.81 bits per heavy atom. The third-order valence-corrected chi connectivity index (χ3v) is 6.61. The minimum atomic E-state index is -0.642. The summed E-state index contributed by atoms with van der Waals surface area (Å²) in [5.41, 5.74) is 3.63. The summed E-state index contributed by atoms with van der Waals surface area (Å²) in [4.78, 5) is 15.4. The molecule has 10 heteroatoms. The molecule has 0 aromatic carbocycles. The molecule has 2 saturated heterocycles. The van der Waals surface area contributed by atoms with Crippen LogP contribution in [0, 0.1) is 11.2 Å². The predicted molar refractivity (Wildman–Crippen MR) is 116 cm³/mol. The van der Waals surface area contributed by atoms with Crippen molar-refractivity contribution < 1.29 is 13.9 Å². The lowest BCUT2D eigenvalue weighted by molar-refractivity contribution is 0.0231. The second kappa shape index (κ2) is 8.97. The summed E-state index contributed by atoms with van der Waals surface area (Å²) in [5, 5.41) is 2.29. The van der Waals surface area contributed by atoms with Gasteiger partial charge in [0, 0.05) is 44.3 Å². The third kappa shape index (κ3) is 4.69. The average Bonchev–Trinajstić information content (AvgIpc) is 3.59. The molecule has 1 aliphatic carbocycles. The first-order valence-electron chi connectivity index (χ1n) is 11.1. The lowest BCUT2D eigenvalue weighted by Gasteiger charge is -2.30. The average molecular weight is 451 g/mol. The molecule has 0 amide bonds. The lowest BCUT2D eigenvalue weighted by Crippen LogP contribution is -2.41. The van der Waals surface area contributed by atoms with Gasteiger partial charge in [0.25, 0.3) is 0 Å². The smallest absolute Gasteiger partial charge is 0.319 e. The molecular formula is C21H28ClFN6O2. The van der Waals surface area contributed by atoms with Crippen LogP contribution >= 0.6 is 11.6 Å². The van der Waals surface area contributed by atoms with Crippen molar-refractivity contribution in [3.8, 4) is 6.01 Å². The lowest BCUT2D eigenvalue weighted by atomic mass is 10.1. The van der Waals surface area contributed by atoms with Gasteiger partial charge < -0.3 is 9.47 Å². The summed E-state index contributed by atoms with van der Waals surface area (Å²) in [6.07, 6.45) is 7.02. The van der Waals surface area contributed by atoms with Crippen molar-refractivity contribution in [1.29, 1.82) is 0 Å². The fraction of sp³-hybridized carbons (Fsp3) is 0.667. The number of hydrazine groups is 1. The molecule has 4 heterocycles. The van der Waals surface area contributed by atoms with E-state index in [1.54, 1.807) is 0 Å². The van der Waals surface area contributed by atoms with E-state index in [-0.39, 0.29) is 22.1 Å². The molecule has 0 atom stereocenters. The second-order valence-corrected chi connectivity index (χ2v) is 9.11. The summed E-state index contributed by atoms with van der Waals surface area (Å²) >= 11 is 5.94. The van der Waals surface area contributed by atoms with Crippen molar-refractivity contribution in [2.24, 2.45) is 5.41 Å². The van der Waals surface area contributed by atoms with E-state index in [9.17, 15) is 4.39 Å². The standard InChI is InChI=1S/C21H28ClFN6O2/c22-18-16(23)17-15(12-24-18)19(29-7-3-1-2-6-25-29)27-20(26-17)31-14-21(4-5-21)13-28-8-10-30-11-9-28/h12,25H,1-11,13-14H2. The van der Waals surface area contributed by atoms with Crippen molar-refractivity contribution in [3.63, 3.8) is 0 Å². The van der Waals surface area contributed by atoms with Crippen molar-refractivity contribution in [3.05, 3.63) is 17.2 Å². The quantitative estimate of drug-likeness (QED) is 0.673. The number of hydrogen-bond donors (Lipinski definition) is 1. The molecule has 3 aliphatic rings. The number of nitrogens with zero attached hydrogens (tertiary/aromatic N) is 5. The van der Waals surface area contributed by atoms with Crippen LogP contribution in [0.25, 0.3) is 10.9 Å². The fourth-order valence-electron chi connectivity index (χ4n) is 4.29. The molecule has 0 bridgehead atoms. The molecule has 31 heavy (non-hydrogen) atoms. The van der Waals surface area contributed by atoms with E-state index in [0.29, 0.717) is 17.8 Å². The number of pyridine rings is 1. The number of anilines is 1. The van der Waals surface area contributed by atoms with Gasteiger partial charge in [0.1, 0.15) is 5.52 Å². The van der Waals surface area contributed by atoms with Crippen LogP contribution in [0.15, 0.2) is 6.20 Å². The number of halogens is 2. The van der Waals surface area contributed by atoms with Gasteiger partial charge in [0.05, 0.1) is 25.2 Å². The molecule has 1 N–H and O–H groups in total. The van der Waals surface area contributed by atoms with Crippen molar-refractivity contribution >= 4 is 28.3 Å². The maximum Gasteiger partial charge on any atom is 0.319 e. The predicted octanol–water partition coefficient (Wildman–Crippen LogP) is 2.80. The van der Waals surface area contributed by atoms with Gasteiger partial charge >= 0.3 is 6.01 Å². The second-order valence-electron chi connectivity index (χ2n) is 8.75. The van der Waals surface area contributed by atoms with E-state index in [1.807, 2.05) is 5.01 Å². The Labute approximate surface area is 186 Å². The summed E-state index contributed by atoms with van der Waals surface area (Å²) in [7, 11) is 0. The first kappa shape index (κ1) is 21.1. The summed E-state index contributed by atoms with van der Waals surface area (Å²) in [5.74, 6) is -0.0556. The number of morpholine rings is 1. The Balaban J connectivity index is 1.39. The van der Waals surface area contributed by atoms with Gasteiger partial charge in [-0.2, -0.15) is 9.97 Å². The molecule has 0 radical (unpaired) electrons. The van der Waals surface area contributed by atoms with Crippen LogP contribution in [0.5, 0.6) is 6.01 Å². The summed E-state index contributed by atoms with van der Waals surface area (Å²) < 4.78 is 26.3. The highest BCUT2D eigenvalue weighted by Crippen LogP contribution is 2.46. The van der Waals surface area contributed by atoms with Gasteiger partial charge in [0.2, 0.25) is 0 Å². The number of ether oxygens (including phenoxy) is 2. The molecule has 2 aliphatic heterocycles. The molecule has 2 aromatic rings. The van der Waals surface area contributed by atoms with Gasteiger partial charge in [-0.15, -0.1) is 0 Å². The SMILES string of the molecule is Fc1c(Cl)ncc2c(N3CCCCCN3)nc(OCC3(CN4CCOCC4)CC3)nc12. The van der Waals surface area contributed by atoms with Crippen LogP contribution in [-0.4, -0.2) is 72.4 Å². The van der Waals surface area contributed by atoms with Crippen LogP contribution in [0.3, 0.4) is 0 Å². The Morgan fingerprint density at radius 1 is 1.16 bits per heavy atom. The molecular weight excluding hydrogens is 423 g/mol. The number of fused-ring (bicyclic) bond motifs is 1. The molecule has 3 fully saturated rings. The first-order chi connectivity index (χ1) is 15.1. The molecule has 1 saturated carbocycles. The van der Waals surface area contributed by atoms with Crippen LogP contribution in [-0.2, 0) is 4.74 Å². The van der Waals surface area contributed by atoms with Gasteiger partial charge in [-0.1, -0.05) is 18.0 Å². The van der Waals surface area contributed by atoms with Crippen molar-refractivity contribution in [1.82, 2.24) is 25.3 Å². The molecule has 168 valence electrons. The largest absolute Gasteiger partial charge is 0.463 e. The van der Waals surface area contributed by atoms with E-state index >= 15 is 0 Å². The summed E-state index contributed by atoms with van der Waals surface area (Å²) in [6.45, 7) is 6.59. The highest BCUT2D eigenvalue weighted by Gasteiger charge is 2.45. The van der Waals surface area contributed by atoms with Crippen LogP contribution in [0.2, 0.25) is 5.15 Å². The van der Waals surface area contributed by atoms with Crippen LogP contribution < -0.4 is 15.2 Å². The Kier molecular flexibility index (Phi) is 6.10. The zero-order chi connectivity index (χ0) is 21.3. The van der Waals surface area contributed by atoms with Gasteiger partial charge in [-0.3, -0.25) is 9.91 Å². The Morgan fingerprint density at radius 2 is 2.00 bits per heavy atom. The third-order valence-electron chi connectivity index (χ3n) is 6.35. The van der Waals surface area contributed by atoms with Gasteiger partial charge in [-0.25, -0.2) is 14.8 Å². The topological polar surface area (TPSA) is 75.6 Å². The van der Waals surface area contributed by atoms with Gasteiger partial charge in [-0.05, 0) is 25.7 Å². The fourth-order valence-corrected chi connectivity index (χ4v) is 4.43. The maximum absolute atomic E-state index is 14.8. The highest BCUT2D eigenvalue weighted by molar-refractivity contribution is 6.30. The van der Waals surface area contributed by atoms with Crippen molar-refractivity contribution in [2.45, 2.75) is 32.1 Å². The van der Waals surface area contributed by atoms with Gasteiger partial charge in [0.15, 0.2) is 16.8 Å². The van der Waals surface area contributed by atoms with E-state index in [4.69, 9.17) is 21.1 Å². The highest BCUT2D eigenvalue weighted by atomic mass is 35.5. The van der Waals surface area contributed by atoms with E-state index in [1.165, 1.54) is 6.20 Å². The maximum atomic E-state index is 14.8. The molecule has 5 rings (SSSR count). The van der Waals surface area contributed by atoms with Crippen LogP contribution in [0.4, 0.5) is 10.2 Å². The van der Waals surface area contributed by atoms with E-state index in [2.05, 4.69) is 25.3 Å². The molecule has 2 aromatic heterocycles. The van der Waals surface area contributed by atoms with E-state index < -0.39 is 5.82 Å². The van der Waals surface area contributed by atoms with Crippen LogP contribution in [0.1, 0.15) is 32.1 Å². The Bertz CT molecular complexity index is 930. The monoisotopic (exact) mass is 450 g/mol. The number of nitrogens with one attached hydrogen (secondary N) is 1. The van der Waals surface area contributed by atoms with Crippen molar-refractivity contribution in [2.75, 3.05) is 57.6 Å².